The van der Waals surface area contributed by atoms with Crippen LogP contribution in [0.4, 0.5) is 5.69 Å². The number of likely N-dealkylation sites (N-methyl/N-ethyl adjacent to an activating group) is 1. The van der Waals surface area contributed by atoms with Gasteiger partial charge in [-0.3, -0.25) is 9.59 Å². The summed E-state index contributed by atoms with van der Waals surface area (Å²) in [5, 5.41) is 9.03. The van der Waals surface area contributed by atoms with Gasteiger partial charge in [0.1, 0.15) is 0 Å². The number of carbonyl (C=O) groups is 2. The van der Waals surface area contributed by atoms with E-state index in [9.17, 15) is 9.59 Å². The molecule has 1 aromatic carbocycles. The number of rotatable bonds is 4. The third-order valence-corrected chi connectivity index (χ3v) is 6.81. The van der Waals surface area contributed by atoms with E-state index >= 15 is 0 Å². The van der Waals surface area contributed by atoms with Crippen LogP contribution in [0, 0.1) is 23.2 Å². The molecule has 4 saturated carbocycles. The Hall–Kier alpha value is -1.95. The van der Waals surface area contributed by atoms with Crippen molar-refractivity contribution in [1.29, 1.82) is 0 Å². The molecule has 2 amide bonds. The monoisotopic (exact) mass is 385 g/mol. The van der Waals surface area contributed by atoms with Crippen LogP contribution in [0.5, 0.6) is 0 Å². The quantitative estimate of drug-likeness (QED) is 0.697. The Kier molecular flexibility index (Phi) is 4.93. The molecule has 0 saturated heterocycles. The Balaban J connectivity index is 1.34. The van der Waals surface area contributed by atoms with Crippen LogP contribution in [0.25, 0.3) is 0 Å². The number of thiocarbonyl (C=S) groups is 1. The van der Waals surface area contributed by atoms with Crippen molar-refractivity contribution < 1.29 is 9.59 Å². The summed E-state index contributed by atoms with van der Waals surface area (Å²) in [5.74, 6) is 2.29. The fraction of sp³-hybridized carbons (Fsp3) is 0.571. The first-order valence-corrected chi connectivity index (χ1v) is 10.3. The zero-order chi connectivity index (χ0) is 19.0. The maximum absolute atomic E-state index is 13.0. The highest BCUT2D eigenvalue weighted by Crippen LogP contribution is 2.60. The summed E-state index contributed by atoms with van der Waals surface area (Å²) >= 11 is 5.38. The molecule has 0 atom stereocenters. The molecule has 1 aromatic rings. The van der Waals surface area contributed by atoms with Crippen LogP contribution in [-0.2, 0) is 16.0 Å². The zero-order valence-corrected chi connectivity index (χ0v) is 16.5. The lowest BCUT2D eigenvalue weighted by Crippen LogP contribution is -2.55. The molecule has 0 unspecified atom stereocenters. The van der Waals surface area contributed by atoms with Gasteiger partial charge in [-0.05, 0) is 86.2 Å². The first kappa shape index (κ1) is 18.4. The maximum Gasteiger partial charge on any atom is 0.232 e. The van der Waals surface area contributed by atoms with Crippen LogP contribution in [0.1, 0.15) is 44.1 Å². The molecule has 0 radical (unpaired) electrons. The van der Waals surface area contributed by atoms with Crippen molar-refractivity contribution in [2.75, 3.05) is 12.4 Å². The third-order valence-electron chi connectivity index (χ3n) is 6.60. The van der Waals surface area contributed by atoms with Gasteiger partial charge in [0, 0.05) is 12.7 Å². The average molecular weight is 386 g/mol. The number of amides is 2. The zero-order valence-electron chi connectivity index (χ0n) is 15.7. The molecule has 144 valence electrons. The highest BCUT2D eigenvalue weighted by molar-refractivity contribution is 7.80. The van der Waals surface area contributed by atoms with Gasteiger partial charge in [-0.15, -0.1) is 0 Å². The van der Waals surface area contributed by atoms with Crippen molar-refractivity contribution in [3.05, 3.63) is 29.8 Å². The maximum atomic E-state index is 13.0. The van der Waals surface area contributed by atoms with Gasteiger partial charge >= 0.3 is 0 Å². The first-order valence-electron chi connectivity index (χ1n) is 9.88. The van der Waals surface area contributed by atoms with Crippen LogP contribution in [0.15, 0.2) is 24.3 Å². The SMILES string of the molecule is CNC(=O)Cc1ccc(NC(=S)NC(=O)C23CC4CC(CC(C4)C2)C3)cc1. The fourth-order valence-corrected chi connectivity index (χ4v) is 5.98. The van der Waals surface area contributed by atoms with Crippen LogP contribution in [-0.4, -0.2) is 24.0 Å². The molecule has 4 aliphatic carbocycles. The summed E-state index contributed by atoms with van der Waals surface area (Å²) in [4.78, 5) is 24.5. The number of benzene rings is 1. The van der Waals surface area contributed by atoms with Crippen molar-refractivity contribution in [2.24, 2.45) is 23.2 Å². The minimum absolute atomic E-state index is 0.0194. The molecule has 0 aromatic heterocycles. The van der Waals surface area contributed by atoms with E-state index in [1.54, 1.807) is 7.05 Å². The number of hydrogen-bond acceptors (Lipinski definition) is 3. The van der Waals surface area contributed by atoms with E-state index < -0.39 is 0 Å². The normalized spacial score (nSPS) is 30.6. The Morgan fingerprint density at radius 2 is 1.59 bits per heavy atom. The van der Waals surface area contributed by atoms with Crippen molar-refractivity contribution in [2.45, 2.75) is 44.9 Å². The summed E-state index contributed by atoms with van der Waals surface area (Å²) in [6.07, 6.45) is 7.39. The van der Waals surface area contributed by atoms with Crippen molar-refractivity contribution in [3.8, 4) is 0 Å². The van der Waals surface area contributed by atoms with E-state index in [0.29, 0.717) is 11.5 Å². The minimum Gasteiger partial charge on any atom is -0.359 e. The molecule has 4 bridgehead atoms. The summed E-state index contributed by atoms with van der Waals surface area (Å²) in [6.45, 7) is 0. The van der Waals surface area contributed by atoms with Crippen molar-refractivity contribution >= 4 is 34.8 Å². The van der Waals surface area contributed by atoms with Gasteiger partial charge in [0.25, 0.3) is 0 Å². The molecule has 5 nitrogen and oxygen atoms in total. The third kappa shape index (κ3) is 3.86. The van der Waals surface area contributed by atoms with Crippen LogP contribution in [0.2, 0.25) is 0 Å². The molecule has 6 heteroatoms. The Labute approximate surface area is 165 Å². The highest BCUT2D eigenvalue weighted by atomic mass is 32.1. The Morgan fingerprint density at radius 1 is 1.04 bits per heavy atom. The summed E-state index contributed by atoms with van der Waals surface area (Å²) in [6, 6.07) is 7.53. The van der Waals surface area contributed by atoms with Gasteiger partial charge in [0.15, 0.2) is 5.11 Å². The van der Waals surface area contributed by atoms with E-state index in [1.807, 2.05) is 24.3 Å². The van der Waals surface area contributed by atoms with Gasteiger partial charge in [0.2, 0.25) is 11.8 Å². The summed E-state index contributed by atoms with van der Waals surface area (Å²) in [5.41, 5.74) is 1.55. The molecule has 27 heavy (non-hydrogen) atoms. The predicted molar refractivity (Wildman–Crippen MR) is 109 cm³/mol. The van der Waals surface area contributed by atoms with E-state index in [1.165, 1.54) is 19.3 Å². The second kappa shape index (κ2) is 7.23. The largest absolute Gasteiger partial charge is 0.359 e. The molecule has 0 aliphatic heterocycles. The molecular formula is C21H27N3O2S. The van der Waals surface area contributed by atoms with E-state index in [0.717, 1.165) is 48.3 Å². The lowest BCUT2D eigenvalue weighted by molar-refractivity contribution is -0.144. The molecular weight excluding hydrogens is 358 g/mol. The predicted octanol–water partition coefficient (Wildman–Crippen LogP) is 3.00. The molecule has 5 rings (SSSR count). The fourth-order valence-electron chi connectivity index (χ4n) is 5.77. The summed E-state index contributed by atoms with van der Waals surface area (Å²) in [7, 11) is 1.63. The van der Waals surface area contributed by atoms with Crippen LogP contribution in [0.3, 0.4) is 0 Å². The van der Waals surface area contributed by atoms with Crippen molar-refractivity contribution in [3.63, 3.8) is 0 Å². The van der Waals surface area contributed by atoms with E-state index in [-0.39, 0.29) is 17.2 Å². The topological polar surface area (TPSA) is 70.2 Å². The van der Waals surface area contributed by atoms with E-state index in [2.05, 4.69) is 16.0 Å². The lowest BCUT2D eigenvalue weighted by Gasteiger charge is -2.55. The Morgan fingerprint density at radius 3 is 2.11 bits per heavy atom. The average Bonchev–Trinajstić information content (AvgIpc) is 2.62. The number of nitrogens with one attached hydrogen (secondary N) is 3. The second-order valence-corrected chi connectivity index (χ2v) is 9.06. The Bertz CT molecular complexity index is 724. The standard InChI is InChI=1S/C21H27N3O2S/c1-22-18(25)9-13-2-4-17(5-3-13)23-20(27)24-19(26)21-10-14-6-15(11-21)8-16(7-14)12-21/h2-5,14-16H,6-12H2,1H3,(H,22,25)(H2,23,24,26,27). The van der Waals surface area contributed by atoms with Crippen molar-refractivity contribution in [1.82, 2.24) is 10.6 Å². The smallest absolute Gasteiger partial charge is 0.232 e. The molecule has 0 heterocycles. The second-order valence-electron chi connectivity index (χ2n) is 8.65. The van der Waals surface area contributed by atoms with Gasteiger partial charge in [-0.25, -0.2) is 0 Å². The molecule has 4 aliphatic rings. The van der Waals surface area contributed by atoms with Gasteiger partial charge in [0.05, 0.1) is 11.8 Å². The molecule has 0 spiro atoms. The molecule has 4 fully saturated rings. The first-order chi connectivity index (χ1) is 13.0. The van der Waals surface area contributed by atoms with Gasteiger partial charge < -0.3 is 16.0 Å². The summed E-state index contributed by atoms with van der Waals surface area (Å²) < 4.78 is 0. The number of carbonyl (C=O) groups excluding carboxylic acids is 2. The van der Waals surface area contributed by atoms with Gasteiger partial charge in [-0.2, -0.15) is 0 Å². The van der Waals surface area contributed by atoms with E-state index in [4.69, 9.17) is 12.2 Å². The van der Waals surface area contributed by atoms with Gasteiger partial charge in [-0.1, -0.05) is 12.1 Å². The van der Waals surface area contributed by atoms with Crippen LogP contribution >= 0.6 is 12.2 Å². The highest BCUT2D eigenvalue weighted by Gasteiger charge is 2.54. The molecule has 3 N–H and O–H groups in total. The van der Waals surface area contributed by atoms with Crippen LogP contribution < -0.4 is 16.0 Å². The lowest BCUT2D eigenvalue weighted by atomic mass is 9.49. The number of hydrogen-bond donors (Lipinski definition) is 3. The number of anilines is 1. The minimum atomic E-state index is -0.197.